The molecule has 0 aliphatic heterocycles. The number of nitrogens with zero attached hydrogens (tertiary/aromatic N) is 3. The number of aromatic nitrogens is 3. The number of aldehydes is 1. The average Bonchev–Trinajstić information content (AvgIpc) is 2.59. The summed E-state index contributed by atoms with van der Waals surface area (Å²) in [4.78, 5) is 10.5. The minimum atomic E-state index is 0.627. The number of rotatable bonds is 2. The molecule has 0 aliphatic carbocycles. The molecule has 0 saturated carbocycles. The van der Waals surface area contributed by atoms with E-state index in [2.05, 4.69) is 10.2 Å². The Kier molecular flexibility index (Phi) is 1.81. The first kappa shape index (κ1) is 7.91. The Morgan fingerprint density at radius 2 is 2.38 bits per heavy atom. The Balaban J connectivity index is 2.67. The summed E-state index contributed by atoms with van der Waals surface area (Å²) < 4.78 is 1.88. The van der Waals surface area contributed by atoms with Gasteiger partial charge in [-0.1, -0.05) is 6.92 Å². The van der Waals surface area contributed by atoms with Gasteiger partial charge < -0.3 is 0 Å². The molecule has 0 radical (unpaired) electrons. The third kappa shape index (κ3) is 1.20. The van der Waals surface area contributed by atoms with Gasteiger partial charge >= 0.3 is 0 Å². The van der Waals surface area contributed by atoms with Crippen LogP contribution < -0.4 is 0 Å². The van der Waals surface area contributed by atoms with Crippen LogP contribution in [0.1, 0.15) is 23.1 Å². The second-order valence-electron chi connectivity index (χ2n) is 2.78. The van der Waals surface area contributed by atoms with Crippen LogP contribution in [0.3, 0.4) is 0 Å². The zero-order valence-corrected chi connectivity index (χ0v) is 7.27. The van der Waals surface area contributed by atoms with Crippen LogP contribution in [-0.2, 0) is 6.42 Å². The lowest BCUT2D eigenvalue weighted by atomic mass is 10.3. The highest BCUT2D eigenvalue weighted by molar-refractivity contribution is 5.76. The van der Waals surface area contributed by atoms with Crippen LogP contribution in [0, 0.1) is 0 Å². The second kappa shape index (κ2) is 2.97. The van der Waals surface area contributed by atoms with E-state index in [9.17, 15) is 4.79 Å². The summed E-state index contributed by atoms with van der Waals surface area (Å²) >= 11 is 0. The number of carbonyl (C=O) groups excluding carboxylic acids is 1. The number of hydrogen-bond acceptors (Lipinski definition) is 3. The molecule has 2 aromatic rings. The molecule has 0 bridgehead atoms. The van der Waals surface area contributed by atoms with E-state index in [4.69, 9.17) is 0 Å². The molecule has 2 aromatic heterocycles. The van der Waals surface area contributed by atoms with E-state index >= 15 is 0 Å². The van der Waals surface area contributed by atoms with Crippen molar-refractivity contribution in [1.29, 1.82) is 0 Å². The zero-order valence-electron chi connectivity index (χ0n) is 7.27. The molecule has 0 N–H and O–H groups in total. The van der Waals surface area contributed by atoms with Crippen LogP contribution >= 0.6 is 0 Å². The first-order valence-electron chi connectivity index (χ1n) is 4.14. The summed E-state index contributed by atoms with van der Waals surface area (Å²) in [5.74, 6) is 0.910. The Bertz CT molecular complexity index is 447. The second-order valence-corrected chi connectivity index (χ2v) is 2.78. The van der Waals surface area contributed by atoms with Crippen LogP contribution in [0.25, 0.3) is 5.65 Å². The van der Waals surface area contributed by atoms with Gasteiger partial charge in [-0.15, -0.1) is 10.2 Å². The third-order valence-corrected chi connectivity index (χ3v) is 1.96. The molecular formula is C9H9N3O. The van der Waals surface area contributed by atoms with Gasteiger partial charge in [-0.3, -0.25) is 9.20 Å². The molecule has 0 saturated heterocycles. The van der Waals surface area contributed by atoms with Gasteiger partial charge in [0.15, 0.2) is 5.65 Å². The van der Waals surface area contributed by atoms with Gasteiger partial charge in [0.2, 0.25) is 0 Å². The third-order valence-electron chi connectivity index (χ3n) is 1.96. The summed E-state index contributed by atoms with van der Waals surface area (Å²) in [6.07, 6.45) is 3.46. The average molecular weight is 175 g/mol. The van der Waals surface area contributed by atoms with Gasteiger partial charge in [0.25, 0.3) is 0 Å². The number of carbonyl (C=O) groups is 1. The van der Waals surface area contributed by atoms with Crippen LogP contribution in [0.2, 0.25) is 0 Å². The lowest BCUT2D eigenvalue weighted by Gasteiger charge is -1.95. The summed E-state index contributed by atoms with van der Waals surface area (Å²) in [6, 6.07) is 3.47. The predicted octanol–water partition coefficient (Wildman–Crippen LogP) is 1.10. The van der Waals surface area contributed by atoms with Crippen molar-refractivity contribution >= 4 is 11.9 Å². The van der Waals surface area contributed by atoms with Crippen molar-refractivity contribution in [3.63, 3.8) is 0 Å². The van der Waals surface area contributed by atoms with Crippen molar-refractivity contribution in [1.82, 2.24) is 14.6 Å². The molecule has 4 heteroatoms. The highest BCUT2D eigenvalue weighted by Gasteiger charge is 2.02. The molecule has 0 spiro atoms. The van der Waals surface area contributed by atoms with Crippen LogP contribution in [-0.4, -0.2) is 20.9 Å². The largest absolute Gasteiger partial charge is 0.298 e. The Morgan fingerprint density at radius 1 is 1.54 bits per heavy atom. The summed E-state index contributed by atoms with van der Waals surface area (Å²) in [5.41, 5.74) is 1.35. The fourth-order valence-electron chi connectivity index (χ4n) is 1.27. The number of hydrogen-bond donors (Lipinski definition) is 0. The van der Waals surface area contributed by atoms with Crippen molar-refractivity contribution in [2.75, 3.05) is 0 Å². The van der Waals surface area contributed by atoms with Gasteiger partial charge in [0.05, 0.1) is 0 Å². The highest BCUT2D eigenvalue weighted by atomic mass is 16.1. The molecule has 2 heterocycles. The van der Waals surface area contributed by atoms with Gasteiger partial charge in [-0.05, 0) is 12.1 Å². The molecule has 0 unspecified atom stereocenters. The fraction of sp³-hybridized carbons (Fsp3) is 0.222. The van der Waals surface area contributed by atoms with E-state index in [1.807, 2.05) is 17.5 Å². The Morgan fingerprint density at radius 3 is 3.08 bits per heavy atom. The van der Waals surface area contributed by atoms with Crippen molar-refractivity contribution in [3.05, 3.63) is 29.7 Å². The quantitative estimate of drug-likeness (QED) is 0.642. The van der Waals surface area contributed by atoms with Gasteiger partial charge in [0.1, 0.15) is 12.1 Å². The minimum Gasteiger partial charge on any atom is -0.298 e. The molecule has 0 aromatic carbocycles. The molecule has 0 amide bonds. The van der Waals surface area contributed by atoms with Crippen molar-refractivity contribution in [2.45, 2.75) is 13.3 Å². The van der Waals surface area contributed by atoms with E-state index in [0.717, 1.165) is 24.2 Å². The molecule has 0 fully saturated rings. The molecule has 0 atom stereocenters. The van der Waals surface area contributed by atoms with E-state index in [1.54, 1.807) is 12.1 Å². The monoisotopic (exact) mass is 175 g/mol. The lowest BCUT2D eigenvalue weighted by Crippen LogP contribution is -1.92. The van der Waals surface area contributed by atoms with E-state index in [-0.39, 0.29) is 0 Å². The van der Waals surface area contributed by atoms with Crippen molar-refractivity contribution in [2.24, 2.45) is 0 Å². The zero-order chi connectivity index (χ0) is 9.26. The van der Waals surface area contributed by atoms with Crippen molar-refractivity contribution in [3.8, 4) is 0 Å². The summed E-state index contributed by atoms with van der Waals surface area (Å²) in [7, 11) is 0. The maximum Gasteiger partial charge on any atom is 0.161 e. The topological polar surface area (TPSA) is 47.3 Å². The molecule has 66 valence electrons. The first-order valence-corrected chi connectivity index (χ1v) is 4.14. The smallest absolute Gasteiger partial charge is 0.161 e. The lowest BCUT2D eigenvalue weighted by molar-refractivity contribution is 0.112. The van der Waals surface area contributed by atoms with Crippen LogP contribution in [0.5, 0.6) is 0 Å². The van der Waals surface area contributed by atoms with E-state index in [1.165, 1.54) is 0 Å². The fourth-order valence-corrected chi connectivity index (χ4v) is 1.27. The van der Waals surface area contributed by atoms with E-state index < -0.39 is 0 Å². The Hall–Kier alpha value is -1.71. The first-order chi connectivity index (χ1) is 6.35. The van der Waals surface area contributed by atoms with Crippen molar-refractivity contribution < 1.29 is 4.79 Å². The summed E-state index contributed by atoms with van der Waals surface area (Å²) in [6.45, 7) is 2.02. The molecule has 4 nitrogen and oxygen atoms in total. The number of fused-ring (bicyclic) bond motifs is 1. The number of aryl methyl sites for hydroxylation is 1. The SMILES string of the molecule is CCc1nnc2cc(C=O)ccn12. The summed E-state index contributed by atoms with van der Waals surface area (Å²) in [5, 5.41) is 7.94. The van der Waals surface area contributed by atoms with E-state index in [0.29, 0.717) is 5.56 Å². The molecule has 2 rings (SSSR count). The Labute approximate surface area is 75.2 Å². The molecular weight excluding hydrogens is 166 g/mol. The predicted molar refractivity (Wildman–Crippen MR) is 47.8 cm³/mol. The van der Waals surface area contributed by atoms with Crippen LogP contribution in [0.15, 0.2) is 18.3 Å². The normalized spacial score (nSPS) is 10.5. The highest BCUT2D eigenvalue weighted by Crippen LogP contribution is 2.05. The minimum absolute atomic E-state index is 0.627. The molecule has 0 aliphatic rings. The van der Waals surface area contributed by atoms with Crippen LogP contribution in [0.4, 0.5) is 0 Å². The van der Waals surface area contributed by atoms with Gasteiger partial charge in [-0.2, -0.15) is 0 Å². The standard InChI is InChI=1S/C9H9N3O/c1-2-8-10-11-9-5-7(6-13)3-4-12(8)9/h3-6H,2H2,1H3. The van der Waals surface area contributed by atoms with Gasteiger partial charge in [0, 0.05) is 18.2 Å². The maximum atomic E-state index is 10.5. The van der Waals surface area contributed by atoms with Gasteiger partial charge in [-0.25, -0.2) is 0 Å². The molecule has 13 heavy (non-hydrogen) atoms. The maximum absolute atomic E-state index is 10.5. The number of pyridine rings is 1.